The first-order valence-electron chi connectivity index (χ1n) is 8.95. The fourth-order valence-electron chi connectivity index (χ4n) is 3.23. The van der Waals surface area contributed by atoms with Gasteiger partial charge in [0.2, 0.25) is 5.91 Å². The first-order chi connectivity index (χ1) is 11.2. The predicted octanol–water partition coefficient (Wildman–Crippen LogP) is 3.40. The van der Waals surface area contributed by atoms with Gasteiger partial charge in [-0.2, -0.15) is 0 Å². The van der Waals surface area contributed by atoms with Crippen molar-refractivity contribution in [3.63, 3.8) is 0 Å². The molecule has 0 spiro atoms. The topological polar surface area (TPSA) is 50.4 Å². The highest BCUT2D eigenvalue weighted by molar-refractivity contribution is 5.86. The number of benzene rings is 1. The molecule has 1 aromatic carbocycles. The zero-order valence-electron chi connectivity index (χ0n) is 14.5. The molecule has 0 heterocycles. The Kier molecular flexibility index (Phi) is 6.90. The van der Waals surface area contributed by atoms with Gasteiger partial charge in [0.1, 0.15) is 5.75 Å². The van der Waals surface area contributed by atoms with Crippen LogP contribution in [0.25, 0.3) is 0 Å². The van der Waals surface area contributed by atoms with E-state index in [9.17, 15) is 4.79 Å². The molecule has 2 rings (SSSR count). The number of carbonyl (C=O) groups excluding carboxylic acids is 1. The Morgan fingerprint density at radius 3 is 2.70 bits per heavy atom. The molecule has 1 amide bonds. The van der Waals surface area contributed by atoms with E-state index >= 15 is 0 Å². The van der Waals surface area contributed by atoms with Crippen LogP contribution in [-0.2, 0) is 11.3 Å². The van der Waals surface area contributed by atoms with Gasteiger partial charge in [0.15, 0.2) is 0 Å². The predicted molar refractivity (Wildman–Crippen MR) is 93.6 cm³/mol. The second-order valence-electron chi connectivity index (χ2n) is 6.33. The zero-order valence-corrected chi connectivity index (χ0v) is 14.5. The van der Waals surface area contributed by atoms with Crippen LogP contribution in [0.4, 0.5) is 0 Å². The number of hydrogen-bond acceptors (Lipinski definition) is 3. The highest BCUT2D eigenvalue weighted by atomic mass is 16.5. The molecule has 0 aromatic heterocycles. The van der Waals surface area contributed by atoms with Crippen molar-refractivity contribution in [3.8, 4) is 5.75 Å². The lowest BCUT2D eigenvalue weighted by Crippen LogP contribution is -2.57. The Morgan fingerprint density at radius 1 is 1.22 bits per heavy atom. The van der Waals surface area contributed by atoms with E-state index in [4.69, 9.17) is 4.74 Å². The lowest BCUT2D eigenvalue weighted by molar-refractivity contribution is -0.129. The summed E-state index contributed by atoms with van der Waals surface area (Å²) >= 11 is 0. The Morgan fingerprint density at radius 2 is 2.00 bits per heavy atom. The van der Waals surface area contributed by atoms with Crippen LogP contribution in [0.15, 0.2) is 24.3 Å². The third-order valence-corrected chi connectivity index (χ3v) is 4.52. The second kappa shape index (κ2) is 8.92. The van der Waals surface area contributed by atoms with Gasteiger partial charge >= 0.3 is 0 Å². The lowest BCUT2D eigenvalue weighted by Gasteiger charge is -2.37. The summed E-state index contributed by atoms with van der Waals surface area (Å²) in [5.41, 5.74) is 0.749. The standard InChI is InChI=1S/C19H30N2O2/c1-3-13-20-18(22)19(11-6-5-7-12-19)21-15-16-9-8-10-17(14-16)23-4-2/h8-10,14,21H,3-7,11-13,15H2,1-2H3,(H,20,22). The molecular formula is C19H30N2O2. The molecule has 128 valence electrons. The Hall–Kier alpha value is -1.55. The van der Waals surface area contributed by atoms with E-state index in [0.29, 0.717) is 13.2 Å². The van der Waals surface area contributed by atoms with Gasteiger partial charge in [-0.05, 0) is 43.9 Å². The summed E-state index contributed by atoms with van der Waals surface area (Å²) in [7, 11) is 0. The van der Waals surface area contributed by atoms with Crippen molar-refractivity contribution in [1.29, 1.82) is 0 Å². The fourth-order valence-corrected chi connectivity index (χ4v) is 3.23. The smallest absolute Gasteiger partial charge is 0.240 e. The summed E-state index contributed by atoms with van der Waals surface area (Å²) in [6.07, 6.45) is 6.28. The molecule has 0 saturated heterocycles. The van der Waals surface area contributed by atoms with Gasteiger partial charge in [0.05, 0.1) is 12.1 Å². The van der Waals surface area contributed by atoms with Crippen molar-refractivity contribution in [1.82, 2.24) is 10.6 Å². The third-order valence-electron chi connectivity index (χ3n) is 4.52. The molecule has 2 N–H and O–H groups in total. The van der Waals surface area contributed by atoms with E-state index in [1.165, 1.54) is 6.42 Å². The molecule has 0 radical (unpaired) electrons. The molecule has 1 aromatic rings. The maximum atomic E-state index is 12.7. The molecule has 0 bridgehead atoms. The van der Waals surface area contributed by atoms with Crippen molar-refractivity contribution in [2.75, 3.05) is 13.2 Å². The maximum Gasteiger partial charge on any atom is 0.240 e. The number of carbonyl (C=O) groups is 1. The maximum absolute atomic E-state index is 12.7. The van der Waals surface area contributed by atoms with Crippen LogP contribution in [0, 0.1) is 0 Å². The molecule has 1 aliphatic carbocycles. The van der Waals surface area contributed by atoms with E-state index in [2.05, 4.69) is 29.7 Å². The number of nitrogens with one attached hydrogen (secondary N) is 2. The van der Waals surface area contributed by atoms with Crippen molar-refractivity contribution in [2.24, 2.45) is 0 Å². The molecule has 1 saturated carbocycles. The van der Waals surface area contributed by atoms with Crippen LogP contribution in [0.1, 0.15) is 57.9 Å². The summed E-state index contributed by atoms with van der Waals surface area (Å²) in [5, 5.41) is 6.65. The summed E-state index contributed by atoms with van der Waals surface area (Å²) in [5.74, 6) is 1.06. The largest absolute Gasteiger partial charge is 0.494 e. The summed E-state index contributed by atoms with van der Waals surface area (Å²) in [6.45, 7) is 6.18. The lowest BCUT2D eigenvalue weighted by atomic mass is 9.80. The Labute approximate surface area is 140 Å². The molecule has 0 atom stereocenters. The van der Waals surface area contributed by atoms with E-state index < -0.39 is 5.54 Å². The van der Waals surface area contributed by atoms with Crippen LogP contribution in [0.3, 0.4) is 0 Å². The Bertz CT molecular complexity index is 496. The van der Waals surface area contributed by atoms with Crippen LogP contribution in [0.2, 0.25) is 0 Å². The normalized spacial score (nSPS) is 16.8. The summed E-state index contributed by atoms with van der Waals surface area (Å²) in [6, 6.07) is 8.11. The van der Waals surface area contributed by atoms with Crippen molar-refractivity contribution >= 4 is 5.91 Å². The molecule has 4 heteroatoms. The highest BCUT2D eigenvalue weighted by Gasteiger charge is 2.38. The van der Waals surface area contributed by atoms with Crippen LogP contribution < -0.4 is 15.4 Å². The highest BCUT2D eigenvalue weighted by Crippen LogP contribution is 2.29. The minimum absolute atomic E-state index is 0.167. The monoisotopic (exact) mass is 318 g/mol. The van der Waals surface area contributed by atoms with Gasteiger partial charge in [0, 0.05) is 13.1 Å². The number of ether oxygens (including phenoxy) is 1. The molecule has 0 aliphatic heterocycles. The fraction of sp³-hybridized carbons (Fsp3) is 0.632. The second-order valence-corrected chi connectivity index (χ2v) is 6.33. The molecule has 1 fully saturated rings. The number of amides is 1. The Balaban J connectivity index is 2.03. The number of hydrogen-bond donors (Lipinski definition) is 2. The van der Waals surface area contributed by atoms with Gasteiger partial charge in [-0.1, -0.05) is 38.3 Å². The van der Waals surface area contributed by atoms with E-state index in [1.807, 2.05) is 19.1 Å². The molecular weight excluding hydrogens is 288 g/mol. The average molecular weight is 318 g/mol. The molecule has 1 aliphatic rings. The minimum Gasteiger partial charge on any atom is -0.494 e. The quantitative estimate of drug-likeness (QED) is 0.772. The first kappa shape index (κ1) is 17.8. The first-order valence-corrected chi connectivity index (χ1v) is 8.95. The van der Waals surface area contributed by atoms with E-state index in [-0.39, 0.29) is 5.91 Å². The SMILES string of the molecule is CCCNC(=O)C1(NCc2cccc(OCC)c2)CCCCC1. The molecule has 0 unspecified atom stereocenters. The van der Waals surface area contributed by atoms with Crippen LogP contribution >= 0.6 is 0 Å². The van der Waals surface area contributed by atoms with Crippen LogP contribution in [0.5, 0.6) is 5.75 Å². The van der Waals surface area contributed by atoms with Gasteiger partial charge in [0.25, 0.3) is 0 Å². The zero-order chi connectivity index (χ0) is 16.5. The molecule has 23 heavy (non-hydrogen) atoms. The van der Waals surface area contributed by atoms with Gasteiger partial charge in [-0.3, -0.25) is 10.1 Å². The van der Waals surface area contributed by atoms with Gasteiger partial charge in [-0.25, -0.2) is 0 Å². The van der Waals surface area contributed by atoms with Gasteiger partial charge in [-0.15, -0.1) is 0 Å². The number of rotatable bonds is 8. The summed E-state index contributed by atoms with van der Waals surface area (Å²) in [4.78, 5) is 12.7. The van der Waals surface area contributed by atoms with Crippen molar-refractivity contribution < 1.29 is 9.53 Å². The van der Waals surface area contributed by atoms with Gasteiger partial charge < -0.3 is 10.1 Å². The van der Waals surface area contributed by atoms with Crippen LogP contribution in [-0.4, -0.2) is 24.6 Å². The van der Waals surface area contributed by atoms with Crippen molar-refractivity contribution in [3.05, 3.63) is 29.8 Å². The third kappa shape index (κ3) is 4.96. The van der Waals surface area contributed by atoms with E-state index in [0.717, 1.165) is 50.0 Å². The van der Waals surface area contributed by atoms with E-state index in [1.54, 1.807) is 0 Å². The average Bonchev–Trinajstić information content (AvgIpc) is 2.59. The minimum atomic E-state index is -0.408. The summed E-state index contributed by atoms with van der Waals surface area (Å²) < 4.78 is 5.56. The molecule has 4 nitrogen and oxygen atoms in total. The van der Waals surface area contributed by atoms with Crippen molar-refractivity contribution in [2.45, 2.75) is 64.5 Å².